The highest BCUT2D eigenvalue weighted by Crippen LogP contribution is 2.04. The second-order valence-corrected chi connectivity index (χ2v) is 3.91. The lowest BCUT2D eigenvalue weighted by atomic mass is 10.0. The zero-order valence-corrected chi connectivity index (χ0v) is 16.7. The van der Waals surface area contributed by atoms with Gasteiger partial charge in [-0.05, 0) is 0 Å². The van der Waals surface area contributed by atoms with E-state index in [9.17, 15) is 0 Å². The topological polar surface area (TPSA) is 502 Å². The van der Waals surface area contributed by atoms with E-state index < -0.39 is 68.1 Å². The van der Waals surface area contributed by atoms with Crippen LogP contribution in [0.2, 0.25) is 0 Å². The normalized spacial score (nSPS) is 11.2. The molecule has 0 fully saturated rings. The van der Waals surface area contributed by atoms with Gasteiger partial charge in [0.2, 0.25) is 0 Å². The van der Waals surface area contributed by atoms with E-state index in [1.54, 1.807) is 0 Å². The molecule has 0 aliphatic heterocycles. The van der Waals surface area contributed by atoms with Crippen molar-refractivity contribution in [3.05, 3.63) is 60.7 Å². The van der Waals surface area contributed by atoms with Crippen LogP contribution in [0.25, 0.3) is 0 Å². The van der Waals surface area contributed by atoms with Crippen molar-refractivity contribution in [3.8, 4) is 0 Å². The van der Waals surface area contributed by atoms with Crippen LogP contribution in [-0.2, 0) is 0 Å². The van der Waals surface area contributed by atoms with Gasteiger partial charge < -0.3 is 61.9 Å². The van der Waals surface area contributed by atoms with E-state index in [-0.39, 0.29) is 0 Å². The van der Waals surface area contributed by atoms with Crippen LogP contribution in [0.15, 0.2) is 0 Å². The summed E-state index contributed by atoms with van der Waals surface area (Å²) in [6.07, 6.45) is -6.39. The van der Waals surface area contributed by atoms with E-state index in [0.29, 0.717) is 0 Å². The molecular weight excluding hydrogens is 540 g/mol. The van der Waals surface area contributed by atoms with Crippen LogP contribution in [0.3, 0.4) is 0 Å². The molecule has 0 aromatic carbocycles. The van der Waals surface area contributed by atoms with E-state index in [1.807, 2.05) is 0 Å². The van der Waals surface area contributed by atoms with Crippen molar-refractivity contribution >= 4 is 0 Å². The lowest BCUT2D eigenvalue weighted by Crippen LogP contribution is -2.46. The predicted octanol–water partition coefficient (Wildman–Crippen LogP) is -5.67. The summed E-state index contributed by atoms with van der Waals surface area (Å²) in [5, 5.41) is 134. The fourth-order valence-electron chi connectivity index (χ4n) is 0.671. The van der Waals surface area contributed by atoms with Crippen LogP contribution >= 0.6 is 0 Å². The van der Waals surface area contributed by atoms with Crippen molar-refractivity contribution in [2.45, 2.75) is 24.4 Å². The molecule has 30 heteroatoms. The molecule has 0 aromatic heterocycles. The van der Waals surface area contributed by atoms with Crippen LogP contribution in [0.4, 0.5) is 0 Å². The maximum absolute atomic E-state index is 8.96. The lowest BCUT2D eigenvalue weighted by molar-refractivity contribution is -0.742. The first-order chi connectivity index (χ1) is 15.9. The Kier molecular flexibility index (Phi) is 46.5. The molecule has 0 amide bonds. The molecular formula is C6H20N6O24. The summed E-state index contributed by atoms with van der Waals surface area (Å²) in [6.45, 7) is -1.45. The maximum Gasteiger partial charge on any atom is 0.291 e. The van der Waals surface area contributed by atoms with Crippen molar-refractivity contribution in [1.29, 1.82) is 0 Å². The Bertz CT molecular complexity index is 454. The number of nitrogens with zero attached hydrogens (tertiary/aromatic N) is 6. The highest BCUT2D eigenvalue weighted by molar-refractivity contribution is 4.79. The molecule has 12 N–H and O–H groups in total. The van der Waals surface area contributed by atoms with Crippen LogP contribution in [0.1, 0.15) is 0 Å². The summed E-state index contributed by atoms with van der Waals surface area (Å²) in [5.74, 6) is 0. The molecule has 0 spiro atoms. The Labute approximate surface area is 192 Å². The molecule has 36 heavy (non-hydrogen) atoms. The second-order valence-electron chi connectivity index (χ2n) is 3.91. The predicted molar refractivity (Wildman–Crippen MR) is 90.9 cm³/mol. The van der Waals surface area contributed by atoms with Crippen molar-refractivity contribution in [2.24, 2.45) is 0 Å². The van der Waals surface area contributed by atoms with Crippen LogP contribution < -0.4 is 0 Å². The first kappa shape index (κ1) is 48.4. The molecule has 0 saturated carbocycles. The van der Waals surface area contributed by atoms with Gasteiger partial charge in [-0.25, -0.2) is 0 Å². The molecule has 218 valence electrons. The zero-order chi connectivity index (χ0) is 31.2. The van der Waals surface area contributed by atoms with E-state index >= 15 is 0 Å². The number of rotatable bonds is 5. The molecule has 0 aliphatic rings. The molecule has 0 radical (unpaired) electrons. The summed E-state index contributed by atoms with van der Waals surface area (Å²) in [5.41, 5.74) is 0. The molecule has 0 saturated heterocycles. The molecule has 0 heterocycles. The highest BCUT2D eigenvalue weighted by atomic mass is 16.9. The van der Waals surface area contributed by atoms with Crippen molar-refractivity contribution in [1.82, 2.24) is 0 Å². The van der Waals surface area contributed by atoms with Gasteiger partial charge in [0.05, 0.1) is 13.2 Å². The van der Waals surface area contributed by atoms with Crippen LogP contribution in [0, 0.1) is 60.7 Å². The third kappa shape index (κ3) is 188. The monoisotopic (exact) mass is 560 g/mol. The molecule has 30 nitrogen and oxygen atoms in total. The fourth-order valence-corrected chi connectivity index (χ4v) is 0.671. The Morgan fingerprint density at radius 1 is 0.417 bits per heavy atom. The van der Waals surface area contributed by atoms with Crippen molar-refractivity contribution in [2.75, 3.05) is 13.2 Å². The smallest absolute Gasteiger partial charge is 0.291 e. The van der Waals surface area contributed by atoms with Crippen LogP contribution in [-0.4, -0.2) is 130 Å². The minimum Gasteiger partial charge on any atom is -0.394 e. The average molecular weight is 560 g/mol. The van der Waals surface area contributed by atoms with Crippen molar-refractivity contribution < 1.29 is 92.4 Å². The van der Waals surface area contributed by atoms with Gasteiger partial charge in [-0.15, -0.1) is 60.7 Å². The number of hydrogen-bond donors (Lipinski definition) is 12. The van der Waals surface area contributed by atoms with E-state index in [2.05, 4.69) is 0 Å². The van der Waals surface area contributed by atoms with Gasteiger partial charge in [-0.3, -0.25) is 0 Å². The first-order valence-corrected chi connectivity index (χ1v) is 6.87. The van der Waals surface area contributed by atoms with E-state index in [0.717, 1.165) is 0 Å². The van der Waals surface area contributed by atoms with E-state index in [4.69, 9.17) is 123 Å². The third-order valence-electron chi connectivity index (χ3n) is 1.51. The Balaban J connectivity index is -0.0000000592. The molecule has 0 bridgehead atoms. The summed E-state index contributed by atoms with van der Waals surface area (Å²) in [7, 11) is 0. The Morgan fingerprint density at radius 2 is 0.500 bits per heavy atom. The Morgan fingerprint density at radius 3 is 0.556 bits per heavy atom. The largest absolute Gasteiger partial charge is 0.394 e. The first-order valence-electron chi connectivity index (χ1n) is 6.87. The molecule has 0 aliphatic carbocycles. The summed E-state index contributed by atoms with van der Waals surface area (Å²) >= 11 is 0. The minimum atomic E-state index is -1.67. The standard InChI is InChI=1S/C6H14O6.6HNO3/c7-1-3(9)5(11)6(12)4(10)2-8;6*2-1(3)4/h3-12H,1-2H2;6*(H,2,3,4)/t3-,4-,5-,6-;;;;;;/m1....../s1. The molecule has 0 rings (SSSR count). The molecule has 4 atom stereocenters. The average Bonchev–Trinajstić information content (AvgIpc) is 2.62. The number of aliphatic hydroxyl groups excluding tert-OH is 6. The molecule has 0 unspecified atom stereocenters. The fraction of sp³-hybridized carbons (Fsp3) is 1.00. The van der Waals surface area contributed by atoms with E-state index in [1.165, 1.54) is 0 Å². The van der Waals surface area contributed by atoms with Gasteiger partial charge in [-0.2, -0.15) is 0 Å². The van der Waals surface area contributed by atoms with Gasteiger partial charge in [0.1, 0.15) is 24.4 Å². The SMILES string of the molecule is O=[N+]([O-])O.O=[N+]([O-])O.O=[N+]([O-])O.O=[N+]([O-])O.O=[N+]([O-])O.O=[N+]([O-])O.OC[C@@H](O)[C@@H](O)[C@H](O)[C@H](O)CO. The summed E-state index contributed by atoms with van der Waals surface area (Å²) in [6, 6.07) is 0. The van der Waals surface area contributed by atoms with Gasteiger partial charge in [0, 0.05) is 0 Å². The van der Waals surface area contributed by atoms with Gasteiger partial charge in [0.25, 0.3) is 30.5 Å². The second kappa shape index (κ2) is 34.6. The maximum atomic E-state index is 8.96. The van der Waals surface area contributed by atoms with Gasteiger partial charge in [-0.1, -0.05) is 0 Å². The quantitative estimate of drug-likeness (QED) is 0.110. The van der Waals surface area contributed by atoms with Crippen molar-refractivity contribution in [3.63, 3.8) is 0 Å². The van der Waals surface area contributed by atoms with Gasteiger partial charge >= 0.3 is 0 Å². The summed E-state index contributed by atoms with van der Waals surface area (Å²) < 4.78 is 0. The lowest BCUT2D eigenvalue weighted by Gasteiger charge is -2.24. The highest BCUT2D eigenvalue weighted by Gasteiger charge is 2.29. The number of aliphatic hydroxyl groups is 6. The Hall–Kier alpha value is -5.04. The summed E-state index contributed by atoms with van der Waals surface area (Å²) in [4.78, 5) is 50.2. The molecule has 0 aromatic rings. The third-order valence-corrected chi connectivity index (χ3v) is 1.51. The zero-order valence-electron chi connectivity index (χ0n) is 16.7. The van der Waals surface area contributed by atoms with Crippen LogP contribution in [0.5, 0.6) is 0 Å². The van der Waals surface area contributed by atoms with Gasteiger partial charge in [0.15, 0.2) is 0 Å². The minimum absolute atomic E-state index is 0.726. The number of hydrogen-bond acceptors (Lipinski definition) is 18.